The van der Waals surface area contributed by atoms with Gasteiger partial charge in [0.1, 0.15) is 23.6 Å². The van der Waals surface area contributed by atoms with E-state index in [0.29, 0.717) is 31.7 Å². The summed E-state index contributed by atoms with van der Waals surface area (Å²) in [5.41, 5.74) is -0.00651. The highest BCUT2D eigenvalue weighted by atomic mass is 19.4. The smallest absolute Gasteiger partial charge is 0.433 e. The van der Waals surface area contributed by atoms with Gasteiger partial charge in [-0.2, -0.15) is 13.2 Å². The average Bonchev–Trinajstić information content (AvgIpc) is 2.67. The molecule has 1 aliphatic rings. The van der Waals surface area contributed by atoms with E-state index in [1.165, 1.54) is 0 Å². The lowest BCUT2D eigenvalue weighted by atomic mass is 10.0. The van der Waals surface area contributed by atoms with Crippen molar-refractivity contribution in [2.45, 2.75) is 32.0 Å². The summed E-state index contributed by atoms with van der Waals surface area (Å²) in [6.45, 7) is 2.82. The second-order valence-corrected chi connectivity index (χ2v) is 6.64. The molecule has 28 heavy (non-hydrogen) atoms. The number of hydrogen-bond acceptors (Lipinski definition) is 5. The minimum atomic E-state index is -4.50. The zero-order valence-corrected chi connectivity index (χ0v) is 15.4. The summed E-state index contributed by atoms with van der Waals surface area (Å²) in [6.07, 6.45) is -2.35. The van der Waals surface area contributed by atoms with Gasteiger partial charge in [-0.15, -0.1) is 0 Å². The van der Waals surface area contributed by atoms with Crippen LogP contribution in [0.4, 0.5) is 19.0 Å². The van der Waals surface area contributed by atoms with Crippen LogP contribution in [-0.4, -0.2) is 41.6 Å². The molecule has 3 rings (SSSR count). The van der Waals surface area contributed by atoms with E-state index in [1.54, 1.807) is 11.0 Å². The van der Waals surface area contributed by atoms with Crippen LogP contribution in [0.25, 0.3) is 0 Å². The van der Waals surface area contributed by atoms with Crippen molar-refractivity contribution in [2.75, 3.05) is 24.6 Å². The van der Waals surface area contributed by atoms with Crippen molar-refractivity contribution in [2.24, 2.45) is 0 Å². The summed E-state index contributed by atoms with van der Waals surface area (Å²) in [4.78, 5) is 21.1. The normalized spacial score (nSPS) is 15.4. The fourth-order valence-electron chi connectivity index (χ4n) is 3.06. The quantitative estimate of drug-likeness (QED) is 0.845. The predicted molar refractivity (Wildman–Crippen MR) is 97.1 cm³/mol. The van der Waals surface area contributed by atoms with Crippen LogP contribution in [0.5, 0.6) is 5.75 Å². The van der Waals surface area contributed by atoms with E-state index in [-0.39, 0.29) is 24.4 Å². The number of para-hydroxylation sites is 1. The van der Waals surface area contributed by atoms with Crippen LogP contribution in [0.15, 0.2) is 36.7 Å². The summed E-state index contributed by atoms with van der Waals surface area (Å²) >= 11 is 0. The molecular weight excluding hydrogens is 373 g/mol. The number of benzene rings is 1. The van der Waals surface area contributed by atoms with Crippen molar-refractivity contribution < 1.29 is 22.7 Å². The largest absolute Gasteiger partial charge is 0.484 e. The molecule has 150 valence electrons. The summed E-state index contributed by atoms with van der Waals surface area (Å²) in [6, 6.07) is 8.35. The number of alkyl halides is 3. The Morgan fingerprint density at radius 2 is 1.96 bits per heavy atom. The molecule has 0 saturated carbocycles. The van der Waals surface area contributed by atoms with Gasteiger partial charge in [0, 0.05) is 25.2 Å². The highest BCUT2D eigenvalue weighted by Crippen LogP contribution is 2.29. The number of nitrogens with zero attached hydrogens (tertiary/aromatic N) is 3. The lowest BCUT2D eigenvalue weighted by molar-refractivity contribution is -0.141. The summed E-state index contributed by atoms with van der Waals surface area (Å²) < 4.78 is 43.9. The third-order valence-electron chi connectivity index (χ3n) is 4.58. The molecule has 2 aromatic rings. The zero-order chi connectivity index (χ0) is 20.1. The van der Waals surface area contributed by atoms with Crippen molar-refractivity contribution in [3.63, 3.8) is 0 Å². The topological polar surface area (TPSA) is 67.3 Å². The van der Waals surface area contributed by atoms with Gasteiger partial charge in [0.15, 0.2) is 6.61 Å². The Kier molecular flexibility index (Phi) is 6.01. The standard InChI is InChI=1S/C19H21F3N4O2/c1-13-4-2-3-5-15(13)28-11-18(27)25-14-6-8-26(9-7-14)17-10-16(19(20,21)22)23-12-24-17/h2-5,10,12,14H,6-9,11H2,1H3,(H,25,27). The Hall–Kier alpha value is -2.84. The van der Waals surface area contributed by atoms with Crippen molar-refractivity contribution in [1.29, 1.82) is 0 Å². The molecule has 1 amide bonds. The second kappa shape index (κ2) is 8.45. The number of carbonyl (C=O) groups is 1. The number of aromatic nitrogens is 2. The van der Waals surface area contributed by atoms with Crippen molar-refractivity contribution >= 4 is 11.7 Å². The molecule has 0 spiro atoms. The van der Waals surface area contributed by atoms with Crippen LogP contribution in [-0.2, 0) is 11.0 Å². The Balaban J connectivity index is 1.48. The Labute approximate surface area is 160 Å². The third-order valence-corrected chi connectivity index (χ3v) is 4.58. The summed E-state index contributed by atoms with van der Waals surface area (Å²) in [7, 11) is 0. The lowest BCUT2D eigenvalue weighted by Gasteiger charge is -2.33. The maximum Gasteiger partial charge on any atom is 0.433 e. The van der Waals surface area contributed by atoms with E-state index in [1.807, 2.05) is 25.1 Å². The van der Waals surface area contributed by atoms with Gasteiger partial charge in [-0.1, -0.05) is 18.2 Å². The maximum atomic E-state index is 12.8. The Morgan fingerprint density at radius 1 is 1.25 bits per heavy atom. The number of aryl methyl sites for hydroxylation is 1. The molecule has 0 aliphatic carbocycles. The van der Waals surface area contributed by atoms with E-state index < -0.39 is 11.9 Å². The van der Waals surface area contributed by atoms with Crippen LogP contribution in [0, 0.1) is 6.92 Å². The van der Waals surface area contributed by atoms with E-state index in [0.717, 1.165) is 18.0 Å². The molecule has 0 atom stereocenters. The van der Waals surface area contributed by atoms with Gasteiger partial charge in [-0.05, 0) is 31.4 Å². The molecule has 0 radical (unpaired) electrons. The van der Waals surface area contributed by atoms with Gasteiger partial charge in [0.05, 0.1) is 0 Å². The molecule has 6 nitrogen and oxygen atoms in total. The number of halogens is 3. The van der Waals surface area contributed by atoms with Crippen molar-refractivity contribution in [1.82, 2.24) is 15.3 Å². The highest BCUT2D eigenvalue weighted by molar-refractivity contribution is 5.77. The molecule has 2 heterocycles. The lowest BCUT2D eigenvalue weighted by Crippen LogP contribution is -2.46. The van der Waals surface area contributed by atoms with E-state index in [9.17, 15) is 18.0 Å². The van der Waals surface area contributed by atoms with E-state index in [4.69, 9.17) is 4.74 Å². The minimum absolute atomic E-state index is 0.0480. The van der Waals surface area contributed by atoms with E-state index in [2.05, 4.69) is 15.3 Å². The highest BCUT2D eigenvalue weighted by Gasteiger charge is 2.33. The number of ether oxygens (including phenoxy) is 1. The molecule has 1 aliphatic heterocycles. The zero-order valence-electron chi connectivity index (χ0n) is 15.4. The first-order valence-corrected chi connectivity index (χ1v) is 8.95. The SMILES string of the molecule is Cc1ccccc1OCC(=O)NC1CCN(c2cc(C(F)(F)F)ncn2)CC1. The molecule has 0 unspecified atom stereocenters. The Bertz CT molecular complexity index is 821. The van der Waals surface area contributed by atoms with Gasteiger partial charge in [0.25, 0.3) is 5.91 Å². The first-order valence-electron chi connectivity index (χ1n) is 8.95. The summed E-state index contributed by atoms with van der Waals surface area (Å²) in [5.74, 6) is 0.690. The molecule has 1 aromatic heterocycles. The Morgan fingerprint density at radius 3 is 2.64 bits per heavy atom. The fraction of sp³-hybridized carbons (Fsp3) is 0.421. The molecule has 0 bridgehead atoms. The van der Waals surface area contributed by atoms with Crippen molar-refractivity contribution in [3.05, 3.63) is 47.9 Å². The number of nitrogens with one attached hydrogen (secondary N) is 1. The molecular formula is C19H21F3N4O2. The van der Waals surface area contributed by atoms with Gasteiger partial charge in [-0.25, -0.2) is 9.97 Å². The number of carbonyl (C=O) groups excluding carboxylic acids is 1. The van der Waals surface area contributed by atoms with Crippen LogP contribution in [0.2, 0.25) is 0 Å². The minimum Gasteiger partial charge on any atom is -0.484 e. The monoisotopic (exact) mass is 394 g/mol. The average molecular weight is 394 g/mol. The van der Waals surface area contributed by atoms with Gasteiger partial charge in [0.2, 0.25) is 0 Å². The fourth-order valence-corrected chi connectivity index (χ4v) is 3.06. The summed E-state index contributed by atoms with van der Waals surface area (Å²) in [5, 5.41) is 2.91. The van der Waals surface area contributed by atoms with Crippen molar-refractivity contribution in [3.8, 4) is 5.75 Å². The molecule has 1 aromatic carbocycles. The molecule has 9 heteroatoms. The van der Waals surface area contributed by atoms with E-state index >= 15 is 0 Å². The first-order chi connectivity index (χ1) is 13.3. The molecule has 1 N–H and O–H groups in total. The first kappa shape index (κ1) is 19.9. The maximum absolute atomic E-state index is 12.8. The van der Waals surface area contributed by atoms with Gasteiger partial charge >= 0.3 is 6.18 Å². The van der Waals surface area contributed by atoms with Gasteiger partial charge < -0.3 is 15.0 Å². The van der Waals surface area contributed by atoms with Crippen LogP contribution >= 0.6 is 0 Å². The number of amides is 1. The van der Waals surface area contributed by atoms with Crippen LogP contribution < -0.4 is 15.0 Å². The number of anilines is 1. The third kappa shape index (κ3) is 5.11. The van der Waals surface area contributed by atoms with Crippen LogP contribution in [0.3, 0.4) is 0 Å². The molecule has 1 fully saturated rings. The van der Waals surface area contributed by atoms with Crippen LogP contribution in [0.1, 0.15) is 24.1 Å². The van der Waals surface area contributed by atoms with Gasteiger partial charge in [-0.3, -0.25) is 4.79 Å². The number of hydrogen-bond donors (Lipinski definition) is 1. The number of rotatable bonds is 5. The predicted octanol–water partition coefficient (Wildman–Crippen LogP) is 2.97. The second-order valence-electron chi connectivity index (χ2n) is 6.64. The number of piperidine rings is 1. The molecule has 1 saturated heterocycles.